The summed E-state index contributed by atoms with van der Waals surface area (Å²) in [6.45, 7) is 16.8. The molecule has 1 aromatic heterocycles. The maximum Gasteiger partial charge on any atom is 0.329 e. The van der Waals surface area contributed by atoms with Crippen molar-refractivity contribution in [2.75, 3.05) is 13.2 Å². The van der Waals surface area contributed by atoms with Gasteiger partial charge in [-0.05, 0) is 44.5 Å². The molecule has 184 valence electrons. The summed E-state index contributed by atoms with van der Waals surface area (Å²) in [7, 11) is -2.07. The zero-order valence-electron chi connectivity index (χ0n) is 21.0. The molecule has 9 heteroatoms. The molecule has 0 amide bonds. The van der Waals surface area contributed by atoms with Gasteiger partial charge in [0.05, 0.1) is 12.6 Å². The molecule has 0 fully saturated rings. The van der Waals surface area contributed by atoms with Crippen molar-refractivity contribution in [3.63, 3.8) is 0 Å². The first-order chi connectivity index (χ1) is 15.2. The van der Waals surface area contributed by atoms with Crippen LogP contribution in [0.1, 0.15) is 59.6 Å². The summed E-state index contributed by atoms with van der Waals surface area (Å²) in [4.78, 5) is 27.4. The van der Waals surface area contributed by atoms with E-state index in [1.54, 1.807) is 19.9 Å². The van der Waals surface area contributed by atoms with Crippen molar-refractivity contribution in [1.29, 1.82) is 0 Å². The van der Waals surface area contributed by atoms with Crippen molar-refractivity contribution in [1.82, 2.24) is 9.55 Å². The van der Waals surface area contributed by atoms with Crippen LogP contribution in [0.2, 0.25) is 18.1 Å². The van der Waals surface area contributed by atoms with E-state index in [-0.39, 0.29) is 17.2 Å². The Bertz CT molecular complexity index is 1020. The second-order valence-electron chi connectivity index (χ2n) is 10.0. The summed E-state index contributed by atoms with van der Waals surface area (Å²) in [5, 5.41) is 10.2. The lowest BCUT2D eigenvalue weighted by molar-refractivity contribution is -0.163. The monoisotopic (exact) mass is 478 g/mol. The fraction of sp³-hybridized carbons (Fsp3) is 0.667. The third kappa shape index (κ3) is 7.01. The van der Waals surface area contributed by atoms with Crippen LogP contribution >= 0.6 is 0 Å². The minimum Gasteiger partial charge on any atom is -0.414 e. The van der Waals surface area contributed by atoms with E-state index in [1.165, 1.54) is 10.8 Å². The third-order valence-electron chi connectivity index (χ3n) is 6.34. The van der Waals surface area contributed by atoms with Crippen molar-refractivity contribution < 1.29 is 19.0 Å². The predicted molar refractivity (Wildman–Crippen MR) is 131 cm³/mol. The van der Waals surface area contributed by atoms with E-state index < -0.39 is 43.6 Å². The Labute approximate surface area is 197 Å². The van der Waals surface area contributed by atoms with Crippen LogP contribution in [-0.2, 0) is 13.9 Å². The number of aliphatic hydroxyl groups is 1. The standard InChI is InChI=1S/C24H38N2O6Si/c1-9-24(6,29)14-13-17-15-26(22(28)25-21(17)27)18-11-12-20(30-10-2)32-19(18)16-31-33(7,8)23(3,4)5/h11-12,15,18-20,29H,9-10,16H2,1-8H3,(H,25,27,28)/t18-,19+,20-,24-/m0/s1. The SMILES string of the molecule is CCO[C@@H]1C=C[C@H](n2cc(C#C[C@@](C)(O)CC)c(=O)[nH]c2=O)[C@@H](CO[Si](C)(C)C(C)(C)C)O1. The van der Waals surface area contributed by atoms with Crippen LogP contribution < -0.4 is 11.2 Å². The van der Waals surface area contributed by atoms with E-state index in [4.69, 9.17) is 13.9 Å². The van der Waals surface area contributed by atoms with E-state index >= 15 is 0 Å². The highest BCUT2D eigenvalue weighted by Gasteiger charge is 2.39. The van der Waals surface area contributed by atoms with Crippen molar-refractivity contribution in [3.8, 4) is 11.8 Å². The average Bonchev–Trinajstić information content (AvgIpc) is 2.71. The van der Waals surface area contributed by atoms with E-state index in [2.05, 4.69) is 50.7 Å². The van der Waals surface area contributed by atoms with Gasteiger partial charge in [-0.2, -0.15) is 0 Å². The number of aromatic amines is 1. The molecule has 1 aliphatic rings. The maximum absolute atomic E-state index is 12.7. The van der Waals surface area contributed by atoms with Gasteiger partial charge in [0.2, 0.25) is 0 Å². The van der Waals surface area contributed by atoms with Gasteiger partial charge in [0.15, 0.2) is 14.6 Å². The Balaban J connectivity index is 2.45. The molecule has 0 unspecified atom stereocenters. The van der Waals surface area contributed by atoms with Crippen LogP contribution in [0, 0.1) is 11.8 Å². The summed E-state index contributed by atoms with van der Waals surface area (Å²) >= 11 is 0. The smallest absolute Gasteiger partial charge is 0.329 e. The number of H-pyrrole nitrogens is 1. The molecule has 33 heavy (non-hydrogen) atoms. The Morgan fingerprint density at radius 1 is 1.21 bits per heavy atom. The molecule has 2 rings (SSSR count). The molecular weight excluding hydrogens is 440 g/mol. The van der Waals surface area contributed by atoms with Crippen molar-refractivity contribution in [2.45, 2.75) is 90.1 Å². The van der Waals surface area contributed by atoms with Gasteiger partial charge in [-0.25, -0.2) is 4.79 Å². The summed E-state index contributed by atoms with van der Waals surface area (Å²) in [6.07, 6.45) is 4.35. The molecule has 2 heterocycles. The van der Waals surface area contributed by atoms with Crippen molar-refractivity contribution in [3.05, 3.63) is 44.8 Å². The highest BCUT2D eigenvalue weighted by molar-refractivity contribution is 6.74. The Hall–Kier alpha value is -1.96. The highest BCUT2D eigenvalue weighted by Crippen LogP contribution is 2.37. The van der Waals surface area contributed by atoms with Crippen LogP contribution in [-0.4, -0.2) is 54.2 Å². The van der Waals surface area contributed by atoms with Crippen molar-refractivity contribution in [2.24, 2.45) is 0 Å². The number of hydrogen-bond donors (Lipinski definition) is 2. The number of rotatable bonds is 7. The summed E-state index contributed by atoms with van der Waals surface area (Å²) in [6, 6.07) is -0.525. The molecule has 1 aliphatic heterocycles. The van der Waals surface area contributed by atoms with Gasteiger partial charge in [-0.1, -0.05) is 45.6 Å². The molecule has 2 N–H and O–H groups in total. The van der Waals surface area contributed by atoms with Gasteiger partial charge in [0.1, 0.15) is 17.3 Å². The molecule has 0 aromatic carbocycles. The molecular formula is C24H38N2O6Si. The molecule has 0 spiro atoms. The van der Waals surface area contributed by atoms with Crippen LogP contribution in [0.15, 0.2) is 27.9 Å². The first-order valence-electron chi connectivity index (χ1n) is 11.4. The van der Waals surface area contributed by atoms with Gasteiger partial charge >= 0.3 is 5.69 Å². The van der Waals surface area contributed by atoms with E-state index in [1.807, 2.05) is 13.0 Å². The molecule has 0 saturated carbocycles. The Kier molecular flexibility index (Phi) is 8.71. The predicted octanol–water partition coefficient (Wildman–Crippen LogP) is 2.93. The van der Waals surface area contributed by atoms with E-state index in [0.29, 0.717) is 13.0 Å². The van der Waals surface area contributed by atoms with Crippen LogP contribution in [0.3, 0.4) is 0 Å². The second kappa shape index (κ2) is 10.5. The number of hydrogen-bond acceptors (Lipinski definition) is 6. The Morgan fingerprint density at radius 2 is 1.88 bits per heavy atom. The number of nitrogens with one attached hydrogen (secondary N) is 1. The lowest BCUT2D eigenvalue weighted by Crippen LogP contribution is -2.47. The molecule has 0 aliphatic carbocycles. The summed E-state index contributed by atoms with van der Waals surface area (Å²) in [5.41, 5.74) is -2.31. The van der Waals surface area contributed by atoms with Gasteiger partial charge in [0, 0.05) is 12.8 Å². The normalized spacial score (nSPS) is 23.0. The molecule has 1 aromatic rings. The van der Waals surface area contributed by atoms with Gasteiger partial charge in [-0.15, -0.1) is 0 Å². The van der Waals surface area contributed by atoms with Gasteiger partial charge < -0.3 is 19.0 Å². The zero-order chi connectivity index (χ0) is 25.0. The van der Waals surface area contributed by atoms with E-state index in [0.717, 1.165) is 0 Å². The topological polar surface area (TPSA) is 103 Å². The number of nitrogens with zero attached hydrogens (tertiary/aromatic N) is 1. The quantitative estimate of drug-likeness (QED) is 0.355. The van der Waals surface area contributed by atoms with Gasteiger partial charge in [-0.3, -0.25) is 14.3 Å². The first-order valence-corrected chi connectivity index (χ1v) is 14.3. The fourth-order valence-corrected chi connectivity index (χ4v) is 3.90. The highest BCUT2D eigenvalue weighted by atomic mass is 28.4. The zero-order valence-corrected chi connectivity index (χ0v) is 22.0. The molecule has 8 nitrogen and oxygen atoms in total. The largest absolute Gasteiger partial charge is 0.414 e. The first kappa shape index (κ1) is 27.3. The van der Waals surface area contributed by atoms with Gasteiger partial charge in [0.25, 0.3) is 5.56 Å². The summed E-state index contributed by atoms with van der Waals surface area (Å²) in [5.74, 6) is 5.41. The Morgan fingerprint density at radius 3 is 2.45 bits per heavy atom. The molecule has 0 saturated heterocycles. The lowest BCUT2D eigenvalue weighted by Gasteiger charge is -2.39. The molecule has 0 radical (unpaired) electrons. The lowest BCUT2D eigenvalue weighted by atomic mass is 10.0. The van der Waals surface area contributed by atoms with Crippen molar-refractivity contribution >= 4 is 8.32 Å². The van der Waals surface area contributed by atoms with Crippen LogP contribution in [0.5, 0.6) is 0 Å². The summed E-state index contributed by atoms with van der Waals surface area (Å²) < 4.78 is 19.5. The van der Waals surface area contributed by atoms with E-state index in [9.17, 15) is 14.7 Å². The molecule has 0 bridgehead atoms. The number of aromatic nitrogens is 2. The number of ether oxygens (including phenoxy) is 2. The minimum atomic E-state index is -2.07. The maximum atomic E-state index is 12.7. The fourth-order valence-electron chi connectivity index (χ4n) is 2.89. The van der Waals surface area contributed by atoms with Crippen LogP contribution in [0.4, 0.5) is 0 Å². The van der Waals surface area contributed by atoms with Crippen LogP contribution in [0.25, 0.3) is 0 Å². The molecule has 4 atom stereocenters. The second-order valence-corrected chi connectivity index (χ2v) is 14.8. The minimum absolute atomic E-state index is 0.0140. The third-order valence-corrected chi connectivity index (χ3v) is 10.8. The average molecular weight is 479 g/mol.